The molecule has 0 spiro atoms. The topological polar surface area (TPSA) is 89.7 Å². The van der Waals surface area contributed by atoms with Gasteiger partial charge in [0, 0.05) is 18.2 Å². The minimum absolute atomic E-state index is 0.234. The molecule has 8 nitrogen and oxygen atoms in total. The van der Waals surface area contributed by atoms with Gasteiger partial charge < -0.3 is 24.2 Å². The first-order valence-electron chi connectivity index (χ1n) is 9.88. The van der Waals surface area contributed by atoms with E-state index in [9.17, 15) is 4.79 Å². The van der Waals surface area contributed by atoms with Gasteiger partial charge in [-0.1, -0.05) is 35.5 Å². The zero-order chi connectivity index (χ0) is 20.9. The lowest BCUT2D eigenvalue weighted by Crippen LogP contribution is -2.41. The highest BCUT2D eigenvalue weighted by atomic mass is 16.5. The summed E-state index contributed by atoms with van der Waals surface area (Å²) in [7, 11) is 3.14. The number of nitrogens with one attached hydrogen (secondary N) is 1. The van der Waals surface area contributed by atoms with Crippen LogP contribution in [0.5, 0.6) is 11.5 Å². The molecule has 0 radical (unpaired) electrons. The van der Waals surface area contributed by atoms with Crippen molar-refractivity contribution < 1.29 is 18.8 Å². The third kappa shape index (κ3) is 4.07. The van der Waals surface area contributed by atoms with Crippen molar-refractivity contribution in [3.63, 3.8) is 0 Å². The van der Waals surface area contributed by atoms with E-state index in [1.54, 1.807) is 37.3 Å². The molecule has 8 heteroatoms. The number of carbonyl (C=O) groups excluding carboxylic acids is 1. The van der Waals surface area contributed by atoms with Crippen LogP contribution >= 0.6 is 0 Å². The van der Waals surface area contributed by atoms with E-state index in [-0.39, 0.29) is 12.1 Å². The summed E-state index contributed by atoms with van der Waals surface area (Å²) in [5, 5.41) is 7.04. The molecule has 0 bridgehead atoms. The van der Waals surface area contributed by atoms with Gasteiger partial charge in [-0.2, -0.15) is 4.98 Å². The van der Waals surface area contributed by atoms with Gasteiger partial charge in [0.2, 0.25) is 11.7 Å². The van der Waals surface area contributed by atoms with Crippen molar-refractivity contribution in [2.75, 3.05) is 26.1 Å². The van der Waals surface area contributed by atoms with Gasteiger partial charge >= 0.3 is 6.03 Å². The summed E-state index contributed by atoms with van der Waals surface area (Å²) in [4.78, 5) is 19.4. The molecule has 1 N–H and O–H groups in total. The van der Waals surface area contributed by atoms with Crippen LogP contribution < -0.4 is 14.8 Å². The van der Waals surface area contributed by atoms with Gasteiger partial charge in [-0.15, -0.1) is 0 Å². The van der Waals surface area contributed by atoms with Crippen LogP contribution in [0.15, 0.2) is 53.1 Å². The molecular weight excluding hydrogens is 384 g/mol. The molecule has 1 fully saturated rings. The highest BCUT2D eigenvalue weighted by molar-refractivity contribution is 5.91. The highest BCUT2D eigenvalue weighted by Gasteiger charge is 2.32. The zero-order valence-electron chi connectivity index (χ0n) is 17.0. The number of carbonyl (C=O) groups is 1. The molecule has 30 heavy (non-hydrogen) atoms. The Morgan fingerprint density at radius 2 is 1.97 bits per heavy atom. The monoisotopic (exact) mass is 408 g/mol. The maximum Gasteiger partial charge on any atom is 0.322 e. The van der Waals surface area contributed by atoms with Crippen LogP contribution in [0.25, 0.3) is 11.4 Å². The molecule has 1 aromatic heterocycles. The zero-order valence-corrected chi connectivity index (χ0v) is 17.0. The minimum atomic E-state index is -0.270. The first-order valence-corrected chi connectivity index (χ1v) is 9.88. The second-order valence-electron chi connectivity index (χ2n) is 7.02. The Labute approximate surface area is 174 Å². The number of methoxy groups -OCH3 is 2. The lowest BCUT2D eigenvalue weighted by Gasteiger charge is -2.33. The Kier molecular flexibility index (Phi) is 5.83. The molecule has 3 aromatic rings. The Bertz CT molecular complexity index is 1010. The van der Waals surface area contributed by atoms with Crippen LogP contribution in [0.3, 0.4) is 0 Å². The summed E-state index contributed by atoms with van der Waals surface area (Å²) < 4.78 is 16.1. The SMILES string of the molecule is COc1ccc(NC(=O)N2CCCC[C@H]2c2nc(-c3ccccc3)no2)c(OC)c1. The van der Waals surface area contributed by atoms with Crippen molar-refractivity contribution in [1.82, 2.24) is 15.0 Å². The molecular formula is C22H24N4O4. The molecule has 2 amide bonds. The molecule has 1 atom stereocenters. The number of hydrogen-bond acceptors (Lipinski definition) is 6. The van der Waals surface area contributed by atoms with Crippen molar-refractivity contribution in [2.24, 2.45) is 0 Å². The van der Waals surface area contributed by atoms with Gasteiger partial charge in [-0.05, 0) is 31.4 Å². The number of nitrogens with zero attached hydrogens (tertiary/aromatic N) is 3. The van der Waals surface area contributed by atoms with Crippen molar-refractivity contribution in [1.29, 1.82) is 0 Å². The predicted octanol–water partition coefficient (Wildman–Crippen LogP) is 4.51. The maximum atomic E-state index is 13.1. The van der Waals surface area contributed by atoms with Gasteiger partial charge in [0.1, 0.15) is 17.5 Å². The Balaban J connectivity index is 1.54. The number of ether oxygens (including phenoxy) is 2. The predicted molar refractivity (Wildman–Crippen MR) is 112 cm³/mol. The van der Waals surface area contributed by atoms with Crippen LogP contribution in [0.1, 0.15) is 31.2 Å². The van der Waals surface area contributed by atoms with Crippen molar-refractivity contribution in [2.45, 2.75) is 25.3 Å². The number of rotatable bonds is 5. The van der Waals surface area contributed by atoms with E-state index in [1.165, 1.54) is 0 Å². The average Bonchev–Trinajstić information content (AvgIpc) is 3.30. The average molecular weight is 408 g/mol. The van der Waals surface area contributed by atoms with E-state index in [0.717, 1.165) is 24.8 Å². The number of benzene rings is 2. The lowest BCUT2D eigenvalue weighted by molar-refractivity contribution is 0.142. The van der Waals surface area contributed by atoms with Gasteiger partial charge in [0.15, 0.2) is 0 Å². The molecule has 1 aliphatic rings. The van der Waals surface area contributed by atoms with Crippen LogP contribution in [-0.2, 0) is 0 Å². The van der Waals surface area contributed by atoms with Crippen molar-refractivity contribution in [3.05, 3.63) is 54.4 Å². The molecule has 1 aliphatic heterocycles. The number of hydrogen-bond donors (Lipinski definition) is 1. The van der Waals surface area contributed by atoms with Crippen LogP contribution in [0.4, 0.5) is 10.5 Å². The molecule has 2 heterocycles. The maximum absolute atomic E-state index is 13.1. The van der Waals surface area contributed by atoms with E-state index < -0.39 is 0 Å². The summed E-state index contributed by atoms with van der Waals surface area (Å²) in [6, 6.07) is 14.4. The number of amides is 2. The number of piperidine rings is 1. The van der Waals surface area contributed by atoms with Gasteiger partial charge in [-0.3, -0.25) is 0 Å². The first-order chi connectivity index (χ1) is 14.7. The molecule has 4 rings (SSSR count). The third-order valence-electron chi connectivity index (χ3n) is 5.17. The molecule has 2 aromatic carbocycles. The number of anilines is 1. The molecule has 0 unspecified atom stereocenters. The third-order valence-corrected chi connectivity index (χ3v) is 5.17. The van der Waals surface area contributed by atoms with Crippen molar-refractivity contribution >= 4 is 11.7 Å². The second-order valence-corrected chi connectivity index (χ2v) is 7.02. The Hall–Kier alpha value is -3.55. The standard InChI is InChI=1S/C22H24N4O4/c1-28-16-11-12-17(19(14-16)29-2)23-22(27)26-13-7-6-10-18(26)21-24-20(25-30-21)15-8-4-3-5-9-15/h3-5,8-9,11-12,14,18H,6-7,10,13H2,1-2H3,(H,23,27)/t18-/m0/s1. The van der Waals surface area contributed by atoms with Crippen LogP contribution in [-0.4, -0.2) is 41.8 Å². The van der Waals surface area contributed by atoms with Crippen LogP contribution in [0.2, 0.25) is 0 Å². The number of likely N-dealkylation sites (tertiary alicyclic amines) is 1. The van der Waals surface area contributed by atoms with E-state index in [4.69, 9.17) is 14.0 Å². The van der Waals surface area contributed by atoms with Gasteiger partial charge in [-0.25, -0.2) is 4.79 Å². The van der Waals surface area contributed by atoms with E-state index >= 15 is 0 Å². The summed E-state index contributed by atoms with van der Waals surface area (Å²) in [5.41, 5.74) is 1.45. The normalized spacial score (nSPS) is 16.2. The number of aromatic nitrogens is 2. The molecule has 0 saturated carbocycles. The highest BCUT2D eigenvalue weighted by Crippen LogP contribution is 2.33. The van der Waals surface area contributed by atoms with Crippen LogP contribution in [0, 0.1) is 0 Å². The van der Waals surface area contributed by atoms with E-state index in [1.807, 2.05) is 30.3 Å². The summed E-state index contributed by atoms with van der Waals surface area (Å²) in [5.74, 6) is 2.15. The fourth-order valence-corrected chi connectivity index (χ4v) is 3.60. The first kappa shape index (κ1) is 19.8. The quantitative estimate of drug-likeness (QED) is 0.668. The summed E-state index contributed by atoms with van der Waals surface area (Å²) >= 11 is 0. The number of urea groups is 1. The van der Waals surface area contributed by atoms with E-state index in [0.29, 0.717) is 35.4 Å². The summed E-state index contributed by atoms with van der Waals surface area (Å²) in [6.45, 7) is 0.609. The van der Waals surface area contributed by atoms with Gasteiger partial charge in [0.25, 0.3) is 0 Å². The fourth-order valence-electron chi connectivity index (χ4n) is 3.60. The Morgan fingerprint density at radius 3 is 2.73 bits per heavy atom. The Morgan fingerprint density at radius 1 is 1.13 bits per heavy atom. The molecule has 156 valence electrons. The van der Waals surface area contributed by atoms with Crippen molar-refractivity contribution in [3.8, 4) is 22.9 Å². The summed E-state index contributed by atoms with van der Waals surface area (Å²) in [6.07, 6.45) is 2.68. The molecule has 0 aliphatic carbocycles. The minimum Gasteiger partial charge on any atom is -0.497 e. The fraction of sp³-hybridized carbons (Fsp3) is 0.318. The smallest absolute Gasteiger partial charge is 0.322 e. The van der Waals surface area contributed by atoms with E-state index in [2.05, 4.69) is 15.5 Å². The van der Waals surface area contributed by atoms with Gasteiger partial charge in [0.05, 0.1) is 19.9 Å². The largest absolute Gasteiger partial charge is 0.497 e. The molecule has 1 saturated heterocycles. The lowest BCUT2D eigenvalue weighted by atomic mass is 10.0. The second kappa shape index (κ2) is 8.86.